The van der Waals surface area contributed by atoms with Crippen molar-refractivity contribution in [2.75, 3.05) is 19.7 Å². The molecule has 0 bridgehead atoms. The second-order valence-corrected chi connectivity index (χ2v) is 6.36. The van der Waals surface area contributed by atoms with E-state index >= 15 is 0 Å². The number of aromatic amines is 1. The summed E-state index contributed by atoms with van der Waals surface area (Å²) < 4.78 is 7.83. The SMILES string of the molecule is CCCc1nc([C@H]2CN(C(=O)CCCn3ccnc3C)CCO2)n[nH]1. The first kappa shape index (κ1) is 17.6. The third-order valence-electron chi connectivity index (χ3n) is 4.46. The zero-order chi connectivity index (χ0) is 17.6. The average molecular weight is 346 g/mol. The van der Waals surface area contributed by atoms with Gasteiger partial charge in [-0.3, -0.25) is 9.89 Å². The van der Waals surface area contributed by atoms with Crippen LogP contribution in [-0.2, 0) is 22.5 Å². The van der Waals surface area contributed by atoms with Crippen molar-refractivity contribution in [2.45, 2.75) is 52.2 Å². The van der Waals surface area contributed by atoms with Crippen LogP contribution in [-0.4, -0.2) is 55.2 Å². The molecule has 0 aromatic carbocycles. The molecule has 0 unspecified atom stereocenters. The molecular weight excluding hydrogens is 320 g/mol. The maximum absolute atomic E-state index is 12.5. The van der Waals surface area contributed by atoms with Crippen LogP contribution in [0.1, 0.15) is 49.8 Å². The van der Waals surface area contributed by atoms with Gasteiger partial charge in [0, 0.05) is 38.3 Å². The Labute approximate surface area is 147 Å². The Bertz CT molecular complexity index is 695. The number of morpholine rings is 1. The predicted molar refractivity (Wildman–Crippen MR) is 91.8 cm³/mol. The largest absolute Gasteiger partial charge is 0.366 e. The molecule has 0 spiro atoms. The molecule has 2 aromatic heterocycles. The van der Waals surface area contributed by atoms with Crippen LogP contribution in [0.15, 0.2) is 12.4 Å². The summed E-state index contributed by atoms with van der Waals surface area (Å²) in [7, 11) is 0. The number of rotatable bonds is 7. The van der Waals surface area contributed by atoms with Gasteiger partial charge in [0.05, 0.1) is 13.2 Å². The molecule has 1 fully saturated rings. The van der Waals surface area contributed by atoms with E-state index < -0.39 is 0 Å². The average Bonchev–Trinajstić information content (AvgIpc) is 3.25. The van der Waals surface area contributed by atoms with E-state index in [1.165, 1.54) is 0 Å². The van der Waals surface area contributed by atoms with E-state index in [0.29, 0.717) is 31.9 Å². The minimum absolute atomic E-state index is 0.162. The molecule has 3 rings (SSSR count). The molecule has 3 heterocycles. The van der Waals surface area contributed by atoms with Crippen molar-refractivity contribution in [1.82, 2.24) is 29.6 Å². The van der Waals surface area contributed by atoms with E-state index in [-0.39, 0.29) is 12.0 Å². The van der Waals surface area contributed by atoms with Crippen molar-refractivity contribution in [2.24, 2.45) is 0 Å². The highest BCUT2D eigenvalue weighted by molar-refractivity contribution is 5.76. The minimum Gasteiger partial charge on any atom is -0.366 e. The monoisotopic (exact) mass is 346 g/mol. The van der Waals surface area contributed by atoms with Gasteiger partial charge in [0.25, 0.3) is 0 Å². The van der Waals surface area contributed by atoms with Crippen LogP contribution < -0.4 is 0 Å². The number of H-pyrrole nitrogens is 1. The van der Waals surface area contributed by atoms with E-state index in [1.54, 1.807) is 6.20 Å². The highest BCUT2D eigenvalue weighted by Gasteiger charge is 2.27. The van der Waals surface area contributed by atoms with Gasteiger partial charge in [0.15, 0.2) is 5.82 Å². The van der Waals surface area contributed by atoms with Crippen molar-refractivity contribution >= 4 is 5.91 Å². The fourth-order valence-corrected chi connectivity index (χ4v) is 3.03. The quantitative estimate of drug-likeness (QED) is 0.823. The summed E-state index contributed by atoms with van der Waals surface area (Å²) in [5, 5.41) is 7.20. The Balaban J connectivity index is 1.49. The number of carbonyl (C=O) groups is 1. The summed E-state index contributed by atoms with van der Waals surface area (Å²) >= 11 is 0. The van der Waals surface area contributed by atoms with Crippen molar-refractivity contribution in [3.63, 3.8) is 0 Å². The smallest absolute Gasteiger partial charge is 0.222 e. The maximum atomic E-state index is 12.5. The first-order chi connectivity index (χ1) is 12.2. The molecule has 0 radical (unpaired) electrons. The Hall–Kier alpha value is -2.22. The van der Waals surface area contributed by atoms with Gasteiger partial charge in [-0.1, -0.05) is 6.92 Å². The normalized spacial score (nSPS) is 17.8. The molecule has 0 aliphatic carbocycles. The number of imidazole rings is 1. The Morgan fingerprint density at radius 2 is 2.36 bits per heavy atom. The van der Waals surface area contributed by atoms with Crippen molar-refractivity contribution in [3.8, 4) is 0 Å². The Kier molecular flexibility index (Phi) is 5.80. The Morgan fingerprint density at radius 3 is 3.12 bits per heavy atom. The zero-order valence-electron chi connectivity index (χ0n) is 14.9. The predicted octanol–water partition coefficient (Wildman–Crippen LogP) is 1.64. The van der Waals surface area contributed by atoms with Gasteiger partial charge in [-0.05, 0) is 19.8 Å². The molecular formula is C17H26N6O2. The number of hydrogen-bond acceptors (Lipinski definition) is 5. The van der Waals surface area contributed by atoms with E-state index in [2.05, 4.69) is 31.7 Å². The van der Waals surface area contributed by atoms with E-state index in [0.717, 1.165) is 37.5 Å². The first-order valence-corrected chi connectivity index (χ1v) is 8.95. The van der Waals surface area contributed by atoms with Crippen LogP contribution in [0.3, 0.4) is 0 Å². The van der Waals surface area contributed by atoms with E-state index in [1.807, 2.05) is 18.0 Å². The highest BCUT2D eigenvalue weighted by Crippen LogP contribution is 2.20. The standard InChI is InChI=1S/C17H26N6O2/c1-3-5-15-19-17(21-20-15)14-12-23(10-11-25-14)16(24)6-4-8-22-9-7-18-13(22)2/h7,9,14H,3-6,8,10-12H2,1-2H3,(H,19,20,21)/t14-/m1/s1. The molecule has 1 aliphatic heterocycles. The van der Waals surface area contributed by atoms with Gasteiger partial charge in [-0.25, -0.2) is 9.97 Å². The fraction of sp³-hybridized carbons (Fsp3) is 0.647. The van der Waals surface area contributed by atoms with Crippen LogP contribution in [0, 0.1) is 6.92 Å². The molecule has 2 aromatic rings. The number of aryl methyl sites for hydroxylation is 3. The molecule has 1 atom stereocenters. The van der Waals surface area contributed by atoms with Crippen molar-refractivity contribution in [1.29, 1.82) is 0 Å². The van der Waals surface area contributed by atoms with Crippen LogP contribution in [0.4, 0.5) is 0 Å². The topological polar surface area (TPSA) is 88.9 Å². The summed E-state index contributed by atoms with van der Waals surface area (Å²) in [6, 6.07) is 0. The number of hydrogen-bond donors (Lipinski definition) is 1. The summed E-state index contributed by atoms with van der Waals surface area (Å²) in [5.41, 5.74) is 0. The van der Waals surface area contributed by atoms with Gasteiger partial charge in [0.2, 0.25) is 5.91 Å². The van der Waals surface area contributed by atoms with Gasteiger partial charge in [-0.2, -0.15) is 5.10 Å². The molecule has 1 saturated heterocycles. The lowest BCUT2D eigenvalue weighted by molar-refractivity contribution is -0.139. The molecule has 0 saturated carbocycles. The molecule has 1 N–H and O–H groups in total. The summed E-state index contributed by atoms with van der Waals surface area (Å²) in [5.74, 6) is 2.66. The van der Waals surface area contributed by atoms with Crippen molar-refractivity contribution < 1.29 is 9.53 Å². The third-order valence-corrected chi connectivity index (χ3v) is 4.46. The van der Waals surface area contributed by atoms with Crippen LogP contribution in [0.25, 0.3) is 0 Å². The van der Waals surface area contributed by atoms with E-state index in [4.69, 9.17) is 4.74 Å². The fourth-order valence-electron chi connectivity index (χ4n) is 3.03. The zero-order valence-corrected chi connectivity index (χ0v) is 14.9. The number of nitrogens with one attached hydrogen (secondary N) is 1. The summed E-state index contributed by atoms with van der Waals surface area (Å²) in [4.78, 5) is 23.0. The van der Waals surface area contributed by atoms with E-state index in [9.17, 15) is 4.79 Å². The van der Waals surface area contributed by atoms with Gasteiger partial charge in [-0.15, -0.1) is 0 Å². The lowest BCUT2D eigenvalue weighted by atomic mass is 10.2. The number of amides is 1. The molecule has 25 heavy (non-hydrogen) atoms. The van der Waals surface area contributed by atoms with Gasteiger partial charge < -0.3 is 14.2 Å². The number of aromatic nitrogens is 5. The second-order valence-electron chi connectivity index (χ2n) is 6.36. The summed E-state index contributed by atoms with van der Waals surface area (Å²) in [6.45, 7) is 6.56. The minimum atomic E-state index is -0.240. The lowest BCUT2D eigenvalue weighted by Crippen LogP contribution is -2.42. The lowest BCUT2D eigenvalue weighted by Gasteiger charge is -2.31. The number of carbonyl (C=O) groups excluding carboxylic acids is 1. The van der Waals surface area contributed by atoms with Gasteiger partial charge >= 0.3 is 0 Å². The molecule has 1 amide bonds. The summed E-state index contributed by atoms with van der Waals surface area (Å²) in [6.07, 6.45) is 6.71. The molecule has 136 valence electrons. The van der Waals surface area contributed by atoms with Crippen LogP contribution in [0.5, 0.6) is 0 Å². The third kappa shape index (κ3) is 4.45. The van der Waals surface area contributed by atoms with Crippen molar-refractivity contribution in [3.05, 3.63) is 29.9 Å². The number of nitrogens with zero attached hydrogens (tertiary/aromatic N) is 5. The van der Waals surface area contributed by atoms with Crippen LogP contribution in [0.2, 0.25) is 0 Å². The molecule has 8 nitrogen and oxygen atoms in total. The van der Waals surface area contributed by atoms with Gasteiger partial charge in [0.1, 0.15) is 17.8 Å². The second kappa shape index (κ2) is 8.24. The maximum Gasteiger partial charge on any atom is 0.222 e. The molecule has 8 heteroatoms. The molecule has 1 aliphatic rings. The number of ether oxygens (including phenoxy) is 1. The first-order valence-electron chi connectivity index (χ1n) is 8.95. The van der Waals surface area contributed by atoms with Crippen LogP contribution >= 0.6 is 0 Å². The Morgan fingerprint density at radius 1 is 1.48 bits per heavy atom. The highest BCUT2D eigenvalue weighted by atomic mass is 16.5.